The molecular formula is C18H36O4Si5. The number of rotatable bonds is 14. The summed E-state index contributed by atoms with van der Waals surface area (Å²) in [6, 6.07) is 0. The first-order valence-corrected chi connectivity index (χ1v) is 21.5. The van der Waals surface area contributed by atoms with Crippen LogP contribution in [0.1, 0.15) is 0 Å². The summed E-state index contributed by atoms with van der Waals surface area (Å²) in [7, 11) is -12.4. The zero-order chi connectivity index (χ0) is 21.6. The van der Waals surface area contributed by atoms with E-state index in [0.717, 1.165) is 0 Å². The van der Waals surface area contributed by atoms with Crippen LogP contribution in [0.25, 0.3) is 0 Å². The molecule has 0 amide bonds. The molecule has 0 N–H and O–H groups in total. The monoisotopic (exact) mass is 456 g/mol. The van der Waals surface area contributed by atoms with Crippen LogP contribution < -0.4 is 0 Å². The predicted molar refractivity (Wildman–Crippen MR) is 129 cm³/mol. The van der Waals surface area contributed by atoms with Gasteiger partial charge in [0.25, 0.3) is 16.6 Å². The Morgan fingerprint density at radius 2 is 0.593 bits per heavy atom. The van der Waals surface area contributed by atoms with Gasteiger partial charge in [0, 0.05) is 0 Å². The van der Waals surface area contributed by atoms with Crippen molar-refractivity contribution in [3.8, 4) is 0 Å². The minimum Gasteiger partial charge on any atom is -0.427 e. The van der Waals surface area contributed by atoms with Crippen molar-refractivity contribution in [2.24, 2.45) is 0 Å². The van der Waals surface area contributed by atoms with E-state index in [1.807, 2.05) is 39.3 Å². The average molecular weight is 457 g/mol. The van der Waals surface area contributed by atoms with E-state index in [4.69, 9.17) is 16.5 Å². The Labute approximate surface area is 171 Å². The smallest absolute Gasteiger partial charge is 0.314 e. The molecule has 0 atom stereocenters. The minimum atomic E-state index is -2.54. The maximum atomic E-state index is 6.46. The third-order valence-electron chi connectivity index (χ3n) is 3.74. The molecular weight excluding hydrogens is 421 g/mol. The molecule has 152 valence electrons. The largest absolute Gasteiger partial charge is 0.427 e. The molecule has 0 spiro atoms. The first-order chi connectivity index (χ1) is 12.2. The summed E-state index contributed by atoms with van der Waals surface area (Å²) in [6.07, 6.45) is 0. The van der Waals surface area contributed by atoms with Crippen LogP contribution >= 0.6 is 0 Å². The topological polar surface area (TPSA) is 36.9 Å². The van der Waals surface area contributed by atoms with Crippen molar-refractivity contribution in [1.29, 1.82) is 0 Å². The van der Waals surface area contributed by atoms with Crippen LogP contribution in [0, 0.1) is 0 Å². The lowest BCUT2D eigenvalue weighted by Crippen LogP contribution is -2.59. The van der Waals surface area contributed by atoms with E-state index < -0.39 is 42.3 Å². The van der Waals surface area contributed by atoms with Gasteiger partial charge < -0.3 is 16.5 Å². The van der Waals surface area contributed by atoms with Gasteiger partial charge in [0.05, 0.1) is 0 Å². The van der Waals surface area contributed by atoms with Gasteiger partial charge in [-0.1, -0.05) is 34.2 Å². The van der Waals surface area contributed by atoms with Gasteiger partial charge in [0.2, 0.25) is 0 Å². The maximum Gasteiger partial charge on any atom is 0.314 e. The van der Waals surface area contributed by atoms with Crippen molar-refractivity contribution in [2.45, 2.75) is 39.3 Å². The Kier molecular flexibility index (Phi) is 9.49. The lowest BCUT2D eigenvalue weighted by Gasteiger charge is -2.41. The van der Waals surface area contributed by atoms with E-state index in [1.165, 1.54) is 0 Å². The summed E-state index contributed by atoms with van der Waals surface area (Å²) >= 11 is 0. The van der Waals surface area contributed by atoms with Crippen LogP contribution in [0.5, 0.6) is 0 Å². The molecule has 0 aromatic carbocycles. The van der Waals surface area contributed by atoms with Crippen molar-refractivity contribution < 1.29 is 16.5 Å². The minimum absolute atomic E-state index is 1.81. The van der Waals surface area contributed by atoms with Crippen molar-refractivity contribution in [1.82, 2.24) is 0 Å². The third kappa shape index (κ3) is 8.09. The molecule has 0 aromatic heterocycles. The molecule has 0 bridgehead atoms. The normalized spacial score (nSPS) is 13.6. The molecule has 0 fully saturated rings. The van der Waals surface area contributed by atoms with Crippen LogP contribution in [-0.2, 0) is 16.5 Å². The second-order valence-electron chi connectivity index (χ2n) is 7.54. The van der Waals surface area contributed by atoms with Gasteiger partial charge in [-0.25, -0.2) is 0 Å². The van der Waals surface area contributed by atoms with Crippen LogP contribution in [0.4, 0.5) is 0 Å². The maximum absolute atomic E-state index is 6.46. The molecule has 0 unspecified atom stereocenters. The highest BCUT2D eigenvalue weighted by Gasteiger charge is 2.46. The molecule has 0 aliphatic carbocycles. The third-order valence-corrected chi connectivity index (χ3v) is 22.2. The molecule has 4 nitrogen and oxygen atoms in total. The molecule has 0 rings (SSSR count). The van der Waals surface area contributed by atoms with E-state index in [0.29, 0.717) is 0 Å². The van der Waals surface area contributed by atoms with Crippen molar-refractivity contribution in [2.75, 3.05) is 0 Å². The molecule has 0 aromatic rings. The molecule has 9 heteroatoms. The molecule has 0 radical (unpaired) electrons. The zero-order valence-corrected chi connectivity index (χ0v) is 22.8. The standard InChI is InChI=1S/C18H36O4Si5/c1-13-26(14-2,15-3)21-24(9,10)19-23(7,8)20-25(11,12)22-27(16-4,17-5)18-6/h13-18H,1-6H2,7-12H3. The van der Waals surface area contributed by atoms with Crippen molar-refractivity contribution >= 4 is 42.3 Å². The summed E-state index contributed by atoms with van der Waals surface area (Å²) < 4.78 is 25.7. The van der Waals surface area contributed by atoms with Gasteiger partial charge in [0.1, 0.15) is 0 Å². The Bertz CT molecular complexity index is 505. The summed E-state index contributed by atoms with van der Waals surface area (Å²) in [4.78, 5) is 0. The van der Waals surface area contributed by atoms with Gasteiger partial charge in [-0.05, 0) is 39.3 Å². The van der Waals surface area contributed by atoms with Crippen molar-refractivity contribution in [3.05, 3.63) is 73.7 Å². The van der Waals surface area contributed by atoms with Crippen LogP contribution in [-0.4, -0.2) is 42.3 Å². The summed E-state index contributed by atoms with van der Waals surface area (Å²) in [6.45, 7) is 35.4. The van der Waals surface area contributed by atoms with Crippen LogP contribution in [0.3, 0.4) is 0 Å². The number of hydrogen-bond donors (Lipinski definition) is 0. The second-order valence-corrected chi connectivity index (χ2v) is 25.1. The quantitative estimate of drug-likeness (QED) is 0.328. The van der Waals surface area contributed by atoms with Crippen LogP contribution in [0.2, 0.25) is 39.3 Å². The van der Waals surface area contributed by atoms with Gasteiger partial charge >= 0.3 is 25.7 Å². The highest BCUT2D eigenvalue weighted by Crippen LogP contribution is 2.27. The molecule has 0 saturated carbocycles. The average Bonchev–Trinajstić information content (AvgIpc) is 2.55. The first-order valence-electron chi connectivity index (χ1n) is 8.81. The van der Waals surface area contributed by atoms with E-state index in [2.05, 4.69) is 39.5 Å². The SMILES string of the molecule is C=C[Si](C=C)(C=C)O[Si](C)(C)O[Si](C)(C)O[Si](C)(C)O[Si](C=C)(C=C)C=C. The van der Waals surface area contributed by atoms with Gasteiger partial charge in [-0.3, -0.25) is 0 Å². The van der Waals surface area contributed by atoms with Crippen molar-refractivity contribution in [3.63, 3.8) is 0 Å². The molecule has 0 aliphatic rings. The van der Waals surface area contributed by atoms with Gasteiger partial charge in [-0.2, -0.15) is 0 Å². The lowest BCUT2D eigenvalue weighted by molar-refractivity contribution is 0.303. The Hall–Kier alpha value is -0.636. The van der Waals surface area contributed by atoms with Crippen LogP contribution in [0.15, 0.2) is 73.7 Å². The molecule has 0 saturated heterocycles. The van der Waals surface area contributed by atoms with E-state index in [-0.39, 0.29) is 0 Å². The highest BCUT2D eigenvalue weighted by atomic mass is 28.5. The first kappa shape index (κ1) is 26.4. The highest BCUT2D eigenvalue weighted by molar-refractivity contribution is 6.97. The Balaban J connectivity index is 5.40. The summed E-state index contributed by atoms with van der Waals surface area (Å²) in [5, 5.41) is 0. The van der Waals surface area contributed by atoms with E-state index in [9.17, 15) is 0 Å². The summed E-state index contributed by atoms with van der Waals surface area (Å²) in [5.41, 5.74) is 10.8. The Morgan fingerprint density at radius 3 is 0.778 bits per heavy atom. The van der Waals surface area contributed by atoms with E-state index in [1.54, 1.807) is 34.2 Å². The predicted octanol–water partition coefficient (Wildman–Crippen LogP) is 5.40. The number of hydrogen-bond acceptors (Lipinski definition) is 4. The van der Waals surface area contributed by atoms with E-state index >= 15 is 0 Å². The fourth-order valence-corrected chi connectivity index (χ4v) is 23.8. The van der Waals surface area contributed by atoms with Gasteiger partial charge in [-0.15, -0.1) is 39.5 Å². The molecule has 0 heterocycles. The summed E-state index contributed by atoms with van der Waals surface area (Å²) in [5.74, 6) is 0. The molecule has 27 heavy (non-hydrogen) atoms. The fourth-order valence-electron chi connectivity index (χ4n) is 2.85. The molecule has 0 aliphatic heterocycles. The fraction of sp³-hybridized carbons (Fsp3) is 0.333. The van der Waals surface area contributed by atoms with Gasteiger partial charge in [0.15, 0.2) is 0 Å². The zero-order valence-electron chi connectivity index (χ0n) is 17.8. The Morgan fingerprint density at radius 1 is 0.407 bits per heavy atom. The second kappa shape index (κ2) is 9.72. The lowest BCUT2D eigenvalue weighted by atomic mass is 11.2.